The van der Waals surface area contributed by atoms with Crippen molar-refractivity contribution in [3.63, 3.8) is 0 Å². The summed E-state index contributed by atoms with van der Waals surface area (Å²) in [6, 6.07) is 3.46. The molecule has 2 atom stereocenters. The lowest BCUT2D eigenvalue weighted by Crippen LogP contribution is -2.38. The van der Waals surface area contributed by atoms with Crippen molar-refractivity contribution >= 4 is 17.4 Å². The van der Waals surface area contributed by atoms with Gasteiger partial charge in [0.15, 0.2) is 0 Å². The standard InChI is InChI=1S/C13H18N2O4S/c1-13(2,3)19-12(18)15-6-10(16)11(17)8-4-9(5-14)20-7-8/h4,7,10-11,16-17H,6H2,1-3H3,(H,15,18). The average molecular weight is 298 g/mol. The van der Waals surface area contributed by atoms with E-state index in [1.165, 1.54) is 17.4 Å². The fourth-order valence-corrected chi connectivity index (χ4v) is 2.13. The second kappa shape index (κ2) is 6.70. The normalized spacial score (nSPS) is 14.2. The quantitative estimate of drug-likeness (QED) is 0.782. The number of hydrogen-bond acceptors (Lipinski definition) is 6. The maximum Gasteiger partial charge on any atom is 0.407 e. The molecule has 0 fully saturated rings. The number of hydrogen-bond donors (Lipinski definition) is 3. The Kier molecular flexibility index (Phi) is 5.51. The van der Waals surface area contributed by atoms with Gasteiger partial charge in [-0.15, -0.1) is 11.3 Å². The topological polar surface area (TPSA) is 103 Å². The minimum Gasteiger partial charge on any atom is -0.444 e. The van der Waals surface area contributed by atoms with E-state index in [4.69, 9.17) is 10.00 Å². The van der Waals surface area contributed by atoms with Gasteiger partial charge in [-0.25, -0.2) is 4.79 Å². The first-order chi connectivity index (χ1) is 9.23. The maximum absolute atomic E-state index is 11.4. The first kappa shape index (κ1) is 16.4. The summed E-state index contributed by atoms with van der Waals surface area (Å²) in [5.74, 6) is 0. The Labute approximate surface area is 121 Å². The molecule has 0 radical (unpaired) electrons. The largest absolute Gasteiger partial charge is 0.444 e. The van der Waals surface area contributed by atoms with E-state index in [-0.39, 0.29) is 6.54 Å². The van der Waals surface area contributed by atoms with Crippen molar-refractivity contribution in [3.05, 3.63) is 21.9 Å². The molecule has 1 heterocycles. The number of amides is 1. The molecule has 110 valence electrons. The Morgan fingerprint density at radius 2 is 2.20 bits per heavy atom. The van der Waals surface area contributed by atoms with Crippen LogP contribution in [-0.2, 0) is 4.74 Å². The van der Waals surface area contributed by atoms with Gasteiger partial charge >= 0.3 is 6.09 Å². The highest BCUT2D eigenvalue weighted by molar-refractivity contribution is 7.10. The first-order valence-electron chi connectivity index (χ1n) is 6.04. The number of ether oxygens (including phenoxy) is 1. The molecule has 1 amide bonds. The Morgan fingerprint density at radius 3 is 2.70 bits per heavy atom. The van der Waals surface area contributed by atoms with Crippen LogP contribution in [0.4, 0.5) is 4.79 Å². The molecule has 0 aliphatic carbocycles. The van der Waals surface area contributed by atoms with Crippen LogP contribution in [0.15, 0.2) is 11.4 Å². The number of aliphatic hydroxyl groups excluding tert-OH is 2. The number of alkyl carbamates (subject to hydrolysis) is 1. The molecule has 0 saturated carbocycles. The van der Waals surface area contributed by atoms with E-state index in [0.717, 1.165) is 0 Å². The van der Waals surface area contributed by atoms with E-state index in [1.54, 1.807) is 26.2 Å². The fourth-order valence-electron chi connectivity index (χ4n) is 1.40. The summed E-state index contributed by atoms with van der Waals surface area (Å²) in [5.41, 5.74) is -0.173. The van der Waals surface area contributed by atoms with Crippen LogP contribution in [0.5, 0.6) is 0 Å². The van der Waals surface area contributed by atoms with Gasteiger partial charge < -0.3 is 20.3 Å². The molecule has 3 N–H and O–H groups in total. The van der Waals surface area contributed by atoms with Crippen LogP contribution in [-0.4, -0.2) is 34.6 Å². The molecule has 0 spiro atoms. The third kappa shape index (κ3) is 5.17. The smallest absolute Gasteiger partial charge is 0.407 e. The zero-order chi connectivity index (χ0) is 15.3. The van der Waals surface area contributed by atoms with Crippen LogP contribution in [0.2, 0.25) is 0 Å². The van der Waals surface area contributed by atoms with Gasteiger partial charge in [-0.2, -0.15) is 5.26 Å². The van der Waals surface area contributed by atoms with E-state index < -0.39 is 23.9 Å². The highest BCUT2D eigenvalue weighted by Crippen LogP contribution is 2.22. The molecular weight excluding hydrogens is 280 g/mol. The first-order valence-corrected chi connectivity index (χ1v) is 6.92. The SMILES string of the molecule is CC(C)(C)OC(=O)NCC(O)C(O)c1csc(C#N)c1. The van der Waals surface area contributed by atoms with Gasteiger partial charge in [0.1, 0.15) is 28.8 Å². The van der Waals surface area contributed by atoms with Gasteiger partial charge in [-0.3, -0.25) is 0 Å². The van der Waals surface area contributed by atoms with E-state index in [0.29, 0.717) is 10.4 Å². The molecule has 1 aromatic rings. The second-order valence-corrected chi connectivity index (χ2v) is 6.16. The number of nitriles is 1. The third-order valence-corrected chi connectivity index (χ3v) is 3.14. The number of rotatable bonds is 4. The Hall–Kier alpha value is -1.62. The van der Waals surface area contributed by atoms with Gasteiger partial charge in [0, 0.05) is 6.54 Å². The average Bonchev–Trinajstić information content (AvgIpc) is 2.81. The summed E-state index contributed by atoms with van der Waals surface area (Å²) in [7, 11) is 0. The van der Waals surface area contributed by atoms with Crippen molar-refractivity contribution in [1.82, 2.24) is 5.32 Å². The number of aliphatic hydroxyl groups is 2. The third-order valence-electron chi connectivity index (χ3n) is 2.29. The summed E-state index contributed by atoms with van der Waals surface area (Å²) in [6.45, 7) is 5.04. The summed E-state index contributed by atoms with van der Waals surface area (Å²) in [5, 5.41) is 32.4. The van der Waals surface area contributed by atoms with Crippen molar-refractivity contribution in [2.24, 2.45) is 0 Å². The predicted octanol–water partition coefficient (Wildman–Crippen LogP) is 1.54. The molecule has 0 bridgehead atoms. The number of carbonyl (C=O) groups is 1. The van der Waals surface area contributed by atoms with Gasteiger partial charge in [0.25, 0.3) is 0 Å². The van der Waals surface area contributed by atoms with Crippen LogP contribution >= 0.6 is 11.3 Å². The van der Waals surface area contributed by atoms with E-state index >= 15 is 0 Å². The minimum atomic E-state index is -1.18. The predicted molar refractivity (Wildman–Crippen MR) is 74.2 cm³/mol. The van der Waals surface area contributed by atoms with Gasteiger partial charge in [0.05, 0.1) is 0 Å². The molecule has 0 saturated heterocycles. The van der Waals surface area contributed by atoms with Gasteiger partial charge in [-0.05, 0) is 37.8 Å². The molecule has 1 aromatic heterocycles. The van der Waals surface area contributed by atoms with Crippen LogP contribution in [0.25, 0.3) is 0 Å². The van der Waals surface area contributed by atoms with E-state index in [2.05, 4.69) is 5.32 Å². The lowest BCUT2D eigenvalue weighted by atomic mass is 10.1. The zero-order valence-corrected chi connectivity index (χ0v) is 12.4. The number of carbonyl (C=O) groups excluding carboxylic acids is 1. The lowest BCUT2D eigenvalue weighted by molar-refractivity contribution is 0.0131. The minimum absolute atomic E-state index is 0.145. The molecule has 1 rings (SSSR count). The summed E-state index contributed by atoms with van der Waals surface area (Å²) >= 11 is 1.18. The van der Waals surface area contributed by atoms with Crippen molar-refractivity contribution in [1.29, 1.82) is 5.26 Å². The maximum atomic E-state index is 11.4. The number of thiophene rings is 1. The molecule has 7 heteroatoms. The molecule has 0 aromatic carbocycles. The highest BCUT2D eigenvalue weighted by atomic mass is 32.1. The molecule has 20 heavy (non-hydrogen) atoms. The van der Waals surface area contributed by atoms with Crippen molar-refractivity contribution in [2.45, 2.75) is 38.6 Å². The molecule has 0 aliphatic rings. The second-order valence-electron chi connectivity index (χ2n) is 5.25. The lowest BCUT2D eigenvalue weighted by Gasteiger charge is -2.21. The van der Waals surface area contributed by atoms with Crippen molar-refractivity contribution in [3.8, 4) is 6.07 Å². The summed E-state index contributed by atoms with van der Waals surface area (Å²) in [6.07, 6.45) is -3.00. The van der Waals surface area contributed by atoms with Crippen molar-refractivity contribution in [2.75, 3.05) is 6.54 Å². The van der Waals surface area contributed by atoms with Gasteiger partial charge in [-0.1, -0.05) is 0 Å². The summed E-state index contributed by atoms with van der Waals surface area (Å²) in [4.78, 5) is 11.9. The highest BCUT2D eigenvalue weighted by Gasteiger charge is 2.22. The number of nitrogens with one attached hydrogen (secondary N) is 1. The monoisotopic (exact) mass is 298 g/mol. The zero-order valence-electron chi connectivity index (χ0n) is 11.6. The molecule has 6 nitrogen and oxygen atoms in total. The van der Waals surface area contributed by atoms with Crippen LogP contribution < -0.4 is 5.32 Å². The molecule has 0 aliphatic heterocycles. The molecule has 2 unspecified atom stereocenters. The van der Waals surface area contributed by atoms with E-state index in [9.17, 15) is 15.0 Å². The van der Waals surface area contributed by atoms with Crippen LogP contribution in [0.1, 0.15) is 37.3 Å². The fraction of sp³-hybridized carbons (Fsp3) is 0.538. The Morgan fingerprint density at radius 1 is 1.55 bits per heavy atom. The van der Waals surface area contributed by atoms with Crippen LogP contribution in [0.3, 0.4) is 0 Å². The molecular formula is C13H18N2O4S. The Balaban J connectivity index is 2.48. The summed E-state index contributed by atoms with van der Waals surface area (Å²) < 4.78 is 5.01. The van der Waals surface area contributed by atoms with Gasteiger partial charge in [0.2, 0.25) is 0 Å². The Bertz CT molecular complexity index is 501. The van der Waals surface area contributed by atoms with Crippen molar-refractivity contribution < 1.29 is 19.7 Å². The number of nitrogens with zero attached hydrogens (tertiary/aromatic N) is 1. The van der Waals surface area contributed by atoms with E-state index in [1.807, 2.05) is 6.07 Å². The van der Waals surface area contributed by atoms with Crippen LogP contribution in [0, 0.1) is 11.3 Å².